The normalized spacial score (nSPS) is 11.3. The van der Waals surface area contributed by atoms with Crippen LogP contribution in [0.1, 0.15) is 110 Å². The van der Waals surface area contributed by atoms with Gasteiger partial charge in [-0.05, 0) is 89.8 Å². The summed E-state index contributed by atoms with van der Waals surface area (Å²) in [6.45, 7) is 13.4. The van der Waals surface area contributed by atoms with Gasteiger partial charge in [-0.25, -0.2) is 14.5 Å². The van der Waals surface area contributed by atoms with Gasteiger partial charge in [-0.3, -0.25) is 38.7 Å². The number of unbranched alkanes of at least 4 members (excludes halogenated alkanes) is 2. The average molecular weight is 819 g/mol. The minimum atomic E-state index is -0.569. The monoisotopic (exact) mass is 818 g/mol. The topological polar surface area (TPSA) is 232 Å². The SMILES string of the molecule is C=CCn1c(NC(=O)c2c(CCCCCn3nc(C)cc3C(=O)Cc3[nH]c4cc(C(N)=O)ccc4[n+]3CCCC(=O)OCC)c(C)nn2CC)nc2cc(C(N)=O)ccc21. The molecule has 6 N–H and O–H groups in total. The highest BCUT2D eigenvalue weighted by molar-refractivity contribution is 6.04. The standard InChI is InChI=1S/C43H51N11O6/c1-6-19-52-34-18-16-29(41(45)58)24-32(34)47-43(52)48-42(59)39-30(27(5)50-53(39)7-2)13-10-9-11-21-54-35(22-26(4)49-54)36(55)25-37-46-31-23-28(40(44)57)15-17-33(31)51(37)20-12-14-38(56)60-8-3/h6,15-18,22-24H,1,7-14,19-21,25H2,2-5H3,(H5,44,45,47,48,57,58,59)/p+1. The van der Waals surface area contributed by atoms with Crippen LogP contribution in [0.4, 0.5) is 5.95 Å². The zero-order valence-corrected chi connectivity index (χ0v) is 34.5. The molecule has 6 rings (SSSR count). The van der Waals surface area contributed by atoms with Crippen molar-refractivity contribution < 1.29 is 33.3 Å². The van der Waals surface area contributed by atoms with E-state index in [4.69, 9.17) is 16.2 Å². The molecule has 4 heterocycles. The van der Waals surface area contributed by atoms with Gasteiger partial charge in [-0.2, -0.15) is 10.2 Å². The predicted octanol–water partition coefficient (Wildman–Crippen LogP) is 4.65. The number of benzene rings is 2. The Morgan fingerprint density at radius 3 is 2.40 bits per heavy atom. The van der Waals surface area contributed by atoms with Gasteiger partial charge < -0.3 is 20.8 Å². The van der Waals surface area contributed by atoms with Crippen LogP contribution < -0.4 is 21.4 Å². The van der Waals surface area contributed by atoms with Crippen LogP contribution >= 0.6 is 0 Å². The summed E-state index contributed by atoms with van der Waals surface area (Å²) in [5.74, 6) is -0.954. The first-order valence-electron chi connectivity index (χ1n) is 20.2. The van der Waals surface area contributed by atoms with E-state index in [1.165, 1.54) is 0 Å². The molecule has 0 radical (unpaired) electrons. The highest BCUT2D eigenvalue weighted by Crippen LogP contribution is 2.24. The molecule has 60 heavy (non-hydrogen) atoms. The summed E-state index contributed by atoms with van der Waals surface area (Å²) in [5, 5.41) is 12.3. The van der Waals surface area contributed by atoms with Crippen molar-refractivity contribution in [3.8, 4) is 0 Å². The Hall–Kier alpha value is -6.91. The number of nitrogens with two attached hydrogens (primary N) is 2. The Labute approximate surface area is 346 Å². The summed E-state index contributed by atoms with van der Waals surface area (Å²) in [6.07, 6.45) is 5.36. The molecule has 0 fully saturated rings. The number of Topliss-reactive ketones (excluding diaryl/α,β-unsaturated/α-hetero) is 1. The second-order valence-corrected chi connectivity index (χ2v) is 14.6. The van der Waals surface area contributed by atoms with Gasteiger partial charge >= 0.3 is 5.97 Å². The number of rotatable bonds is 21. The summed E-state index contributed by atoms with van der Waals surface area (Å²) >= 11 is 0. The van der Waals surface area contributed by atoms with Gasteiger partial charge in [-0.1, -0.05) is 12.5 Å². The number of esters is 1. The van der Waals surface area contributed by atoms with Crippen molar-refractivity contribution >= 4 is 57.5 Å². The van der Waals surface area contributed by atoms with E-state index in [-0.39, 0.29) is 30.5 Å². The fourth-order valence-corrected chi connectivity index (χ4v) is 7.58. The molecule has 17 heteroatoms. The summed E-state index contributed by atoms with van der Waals surface area (Å²) in [5.41, 5.74) is 17.6. The van der Waals surface area contributed by atoms with Gasteiger partial charge in [0.25, 0.3) is 11.7 Å². The number of allylic oxidation sites excluding steroid dienone is 1. The predicted molar refractivity (Wildman–Crippen MR) is 224 cm³/mol. The number of hydrogen-bond acceptors (Lipinski definition) is 9. The Morgan fingerprint density at radius 2 is 1.68 bits per heavy atom. The maximum atomic E-state index is 14.0. The van der Waals surface area contributed by atoms with Gasteiger partial charge in [0.1, 0.15) is 17.8 Å². The third-order valence-corrected chi connectivity index (χ3v) is 10.4. The fraction of sp³-hybridized carbons (Fsp3) is 0.372. The van der Waals surface area contributed by atoms with Crippen molar-refractivity contribution in [2.45, 2.75) is 98.8 Å². The summed E-state index contributed by atoms with van der Waals surface area (Å²) in [4.78, 5) is 71.6. The summed E-state index contributed by atoms with van der Waals surface area (Å²) < 4.78 is 12.3. The Morgan fingerprint density at radius 1 is 0.933 bits per heavy atom. The van der Waals surface area contributed by atoms with Gasteiger partial charge in [-0.15, -0.1) is 6.58 Å². The first-order chi connectivity index (χ1) is 28.8. The Balaban J connectivity index is 1.12. The number of ketones is 1. The third-order valence-electron chi connectivity index (χ3n) is 10.4. The smallest absolute Gasteiger partial charge is 0.305 e. The third kappa shape index (κ3) is 9.35. The number of carbonyl (C=O) groups excluding carboxylic acids is 5. The number of primary amides is 2. The van der Waals surface area contributed by atoms with Crippen molar-refractivity contribution in [1.29, 1.82) is 0 Å². The van der Waals surface area contributed by atoms with Crippen LogP contribution in [-0.4, -0.2) is 70.2 Å². The van der Waals surface area contributed by atoms with Crippen molar-refractivity contribution in [2.24, 2.45) is 11.5 Å². The van der Waals surface area contributed by atoms with Gasteiger partial charge in [0.15, 0.2) is 16.8 Å². The zero-order valence-electron chi connectivity index (χ0n) is 34.5. The van der Waals surface area contributed by atoms with E-state index in [1.807, 2.05) is 29.9 Å². The number of nitrogens with zero attached hydrogens (tertiary/aromatic N) is 7. The van der Waals surface area contributed by atoms with Gasteiger partial charge in [0, 0.05) is 48.8 Å². The zero-order chi connectivity index (χ0) is 43.1. The lowest BCUT2D eigenvalue weighted by molar-refractivity contribution is -0.678. The van der Waals surface area contributed by atoms with Crippen molar-refractivity contribution in [3.63, 3.8) is 0 Å². The molecule has 4 aromatic heterocycles. The molecule has 3 amide bonds. The number of H-pyrrole nitrogens is 1. The number of aryl methyl sites for hydroxylation is 5. The van der Waals surface area contributed by atoms with Crippen LogP contribution in [0.15, 0.2) is 55.1 Å². The highest BCUT2D eigenvalue weighted by Gasteiger charge is 2.26. The Kier molecular flexibility index (Phi) is 13.4. The minimum absolute atomic E-state index is 0.0366. The fourth-order valence-electron chi connectivity index (χ4n) is 7.58. The molecule has 6 aromatic rings. The van der Waals surface area contributed by atoms with E-state index in [0.29, 0.717) is 90.9 Å². The highest BCUT2D eigenvalue weighted by atomic mass is 16.5. The molecule has 0 unspecified atom stereocenters. The quantitative estimate of drug-likeness (QED) is 0.0260. The largest absolute Gasteiger partial charge is 0.466 e. The minimum Gasteiger partial charge on any atom is -0.466 e. The van der Waals surface area contributed by atoms with Crippen molar-refractivity contribution in [3.05, 3.63) is 100 Å². The van der Waals surface area contributed by atoms with Crippen LogP contribution in [0.2, 0.25) is 0 Å². The number of aromatic nitrogens is 8. The molecule has 314 valence electrons. The molecule has 17 nitrogen and oxygen atoms in total. The van der Waals surface area contributed by atoms with Crippen LogP contribution in [-0.2, 0) is 48.6 Å². The number of fused-ring (bicyclic) bond motifs is 2. The second kappa shape index (κ2) is 18.8. The van der Waals surface area contributed by atoms with Crippen LogP contribution in [0.3, 0.4) is 0 Å². The number of aromatic amines is 1. The molecule has 0 saturated heterocycles. The molecule has 0 aliphatic rings. The first-order valence-corrected chi connectivity index (χ1v) is 20.2. The Bertz CT molecular complexity index is 2610. The molecular weight excluding hydrogens is 767 g/mol. The van der Waals surface area contributed by atoms with E-state index < -0.39 is 11.8 Å². The lowest BCUT2D eigenvalue weighted by Crippen LogP contribution is -2.38. The molecule has 2 aromatic carbocycles. The maximum Gasteiger partial charge on any atom is 0.305 e. The number of anilines is 1. The number of ether oxygens (including phenoxy) is 1. The van der Waals surface area contributed by atoms with Crippen molar-refractivity contribution in [2.75, 3.05) is 11.9 Å². The summed E-state index contributed by atoms with van der Waals surface area (Å²) in [7, 11) is 0. The number of carbonyl (C=O) groups is 5. The second-order valence-electron chi connectivity index (χ2n) is 14.6. The first kappa shape index (κ1) is 42.7. The number of hydrogen-bond donors (Lipinski definition) is 4. The van der Waals surface area contributed by atoms with Gasteiger partial charge in [0.2, 0.25) is 17.8 Å². The number of amides is 3. The number of imidazole rings is 2. The van der Waals surface area contributed by atoms with E-state index >= 15 is 0 Å². The molecule has 0 spiro atoms. The maximum absolute atomic E-state index is 14.0. The molecular formula is C43H52N11O6+. The molecule has 0 aliphatic carbocycles. The van der Waals surface area contributed by atoms with E-state index in [9.17, 15) is 24.0 Å². The lowest BCUT2D eigenvalue weighted by atomic mass is 10.0. The average Bonchev–Trinajstić information content (AvgIpc) is 3.95. The molecule has 0 atom stereocenters. The lowest BCUT2D eigenvalue weighted by Gasteiger charge is -2.11. The molecule has 0 aliphatic heterocycles. The van der Waals surface area contributed by atoms with Crippen molar-refractivity contribution in [1.82, 2.24) is 34.1 Å². The van der Waals surface area contributed by atoms with Gasteiger partial charge in [0.05, 0.1) is 35.6 Å². The van der Waals surface area contributed by atoms with Crippen LogP contribution in [0, 0.1) is 13.8 Å². The van der Waals surface area contributed by atoms with Crippen LogP contribution in [0.25, 0.3) is 22.1 Å². The van der Waals surface area contributed by atoms with Crippen LogP contribution in [0.5, 0.6) is 0 Å². The number of nitrogens with one attached hydrogen (secondary N) is 2. The molecule has 0 bridgehead atoms. The molecule has 0 saturated carbocycles. The van der Waals surface area contributed by atoms with E-state index in [1.54, 1.807) is 64.8 Å². The van der Waals surface area contributed by atoms with E-state index in [0.717, 1.165) is 47.2 Å². The summed E-state index contributed by atoms with van der Waals surface area (Å²) in [6, 6.07) is 11.8. The van der Waals surface area contributed by atoms with E-state index in [2.05, 4.69) is 32.1 Å².